The lowest BCUT2D eigenvalue weighted by atomic mass is 10.1. The van der Waals surface area contributed by atoms with Crippen molar-refractivity contribution in [3.63, 3.8) is 0 Å². The number of rotatable bonds is 6. The Kier molecular flexibility index (Phi) is 5.96. The zero-order valence-electron chi connectivity index (χ0n) is 20.4. The lowest BCUT2D eigenvalue weighted by molar-refractivity contribution is 0.414. The van der Waals surface area contributed by atoms with Gasteiger partial charge in [-0.15, -0.1) is 0 Å². The van der Waals surface area contributed by atoms with Crippen LogP contribution in [0.15, 0.2) is 138 Å². The van der Waals surface area contributed by atoms with Gasteiger partial charge in [-0.3, -0.25) is 0 Å². The number of nitrogens with zero attached hydrogens (tertiary/aromatic N) is 2. The highest BCUT2D eigenvalue weighted by Gasteiger charge is 2.41. The maximum absolute atomic E-state index is 14.9. The van der Waals surface area contributed by atoms with Gasteiger partial charge in [0.25, 0.3) is 0 Å². The third-order valence-electron chi connectivity index (χ3n) is 6.58. The van der Waals surface area contributed by atoms with E-state index in [1.807, 2.05) is 109 Å². The summed E-state index contributed by atoms with van der Waals surface area (Å²) in [5.41, 5.74) is 5.02. The van der Waals surface area contributed by atoms with Crippen LogP contribution in [-0.2, 0) is 4.57 Å². The normalized spacial score (nSPS) is 16.1. The highest BCUT2D eigenvalue weighted by atomic mass is 31.2. The van der Waals surface area contributed by atoms with Crippen LogP contribution in [0.25, 0.3) is 0 Å². The van der Waals surface area contributed by atoms with E-state index >= 15 is 0 Å². The van der Waals surface area contributed by atoms with Gasteiger partial charge in [-0.2, -0.15) is 0 Å². The zero-order chi connectivity index (χ0) is 25.2. The van der Waals surface area contributed by atoms with E-state index in [0.717, 1.165) is 38.9 Å². The summed E-state index contributed by atoms with van der Waals surface area (Å²) in [6.07, 6.45) is 0. The molecule has 1 unspecified atom stereocenters. The Morgan fingerprint density at radius 2 is 1.22 bits per heavy atom. The summed E-state index contributed by atoms with van der Waals surface area (Å²) in [6, 6.07) is 43.8. The predicted octanol–water partition coefficient (Wildman–Crippen LogP) is 7.57. The molecule has 0 saturated heterocycles. The molecule has 6 rings (SSSR count). The van der Waals surface area contributed by atoms with Crippen LogP contribution in [-0.4, -0.2) is 12.6 Å². The molecule has 5 aromatic rings. The van der Waals surface area contributed by atoms with Crippen molar-refractivity contribution < 1.29 is 9.30 Å². The minimum atomic E-state index is -3.18. The molecule has 0 spiro atoms. The van der Waals surface area contributed by atoms with Crippen molar-refractivity contribution >= 4 is 46.0 Å². The van der Waals surface area contributed by atoms with E-state index in [1.165, 1.54) is 0 Å². The van der Waals surface area contributed by atoms with Crippen molar-refractivity contribution in [2.45, 2.75) is 0 Å². The number of hydrogen-bond donors (Lipinski definition) is 0. The van der Waals surface area contributed by atoms with Crippen molar-refractivity contribution in [3.8, 4) is 5.75 Å². The quantitative estimate of drug-likeness (QED) is 0.226. The Morgan fingerprint density at radius 1 is 0.649 bits per heavy atom. The second-order valence-corrected chi connectivity index (χ2v) is 11.4. The molecule has 0 N–H and O–H groups in total. The first-order chi connectivity index (χ1) is 18.2. The van der Waals surface area contributed by atoms with Crippen molar-refractivity contribution in [1.29, 1.82) is 0 Å². The van der Waals surface area contributed by atoms with Crippen LogP contribution in [0.5, 0.6) is 5.75 Å². The molecule has 0 aliphatic carbocycles. The summed E-state index contributed by atoms with van der Waals surface area (Å²) < 4.78 is 20.8. The standard InChI is InChI=1S/C32H25N2O2P/c1-36-30-23-26(34(24-13-5-2-6-14-24)25-15-7-3-8-16-25)21-22-28(30)32-33-29-19-11-12-20-31(29)37(32,35)27-17-9-4-10-18-27/h2-23H,1H3. The van der Waals surface area contributed by atoms with Crippen LogP contribution in [0, 0.1) is 0 Å². The third kappa shape index (κ3) is 3.96. The molecule has 0 saturated carbocycles. The lowest BCUT2D eigenvalue weighted by Gasteiger charge is -2.26. The van der Waals surface area contributed by atoms with E-state index in [-0.39, 0.29) is 0 Å². The largest absolute Gasteiger partial charge is 0.496 e. The lowest BCUT2D eigenvalue weighted by Crippen LogP contribution is -2.20. The third-order valence-corrected chi connectivity index (χ3v) is 9.60. The topological polar surface area (TPSA) is 41.9 Å². The van der Waals surface area contributed by atoms with Gasteiger partial charge >= 0.3 is 0 Å². The second kappa shape index (κ2) is 9.57. The van der Waals surface area contributed by atoms with Crippen LogP contribution < -0.4 is 20.2 Å². The first-order valence-electron chi connectivity index (χ1n) is 12.1. The van der Waals surface area contributed by atoms with Crippen LogP contribution in [0.1, 0.15) is 5.56 Å². The molecule has 0 bridgehead atoms. The van der Waals surface area contributed by atoms with E-state index < -0.39 is 7.14 Å². The molecule has 0 aromatic heterocycles. The fourth-order valence-corrected chi connectivity index (χ4v) is 7.72. The number of methoxy groups -OCH3 is 1. The van der Waals surface area contributed by atoms with Gasteiger partial charge in [0.05, 0.1) is 12.8 Å². The number of ether oxygens (including phenoxy) is 1. The molecule has 1 heterocycles. The molecule has 1 aliphatic heterocycles. The SMILES string of the molecule is COc1cc(N(c2ccccc2)c2ccccc2)ccc1C1=Nc2ccccc2P1(=O)c1ccccc1. The number of aliphatic imine (C=N–C) groups is 1. The Balaban J connectivity index is 1.52. The summed E-state index contributed by atoms with van der Waals surface area (Å²) >= 11 is 0. The Labute approximate surface area is 216 Å². The maximum atomic E-state index is 14.9. The highest BCUT2D eigenvalue weighted by Crippen LogP contribution is 2.55. The molecule has 5 heteroatoms. The zero-order valence-corrected chi connectivity index (χ0v) is 21.3. The van der Waals surface area contributed by atoms with E-state index in [4.69, 9.17) is 9.73 Å². The molecule has 1 atom stereocenters. The van der Waals surface area contributed by atoms with Crippen LogP contribution >= 0.6 is 7.14 Å². The summed E-state index contributed by atoms with van der Waals surface area (Å²) in [5, 5.41) is 1.53. The van der Waals surface area contributed by atoms with Gasteiger partial charge in [-0.25, -0.2) is 4.99 Å². The molecule has 0 fully saturated rings. The fraction of sp³-hybridized carbons (Fsp3) is 0.0312. The van der Waals surface area contributed by atoms with E-state index in [1.54, 1.807) is 7.11 Å². The van der Waals surface area contributed by atoms with Crippen molar-refractivity contribution in [2.24, 2.45) is 4.99 Å². The molecule has 0 radical (unpaired) electrons. The Bertz CT molecular complexity index is 1590. The minimum Gasteiger partial charge on any atom is -0.496 e. The van der Waals surface area contributed by atoms with Gasteiger partial charge < -0.3 is 14.2 Å². The number of anilines is 3. The van der Waals surface area contributed by atoms with E-state index in [2.05, 4.69) is 29.2 Å². The fourth-order valence-electron chi connectivity index (χ4n) is 4.86. The van der Waals surface area contributed by atoms with Crippen LogP contribution in [0.4, 0.5) is 22.7 Å². The monoisotopic (exact) mass is 500 g/mol. The van der Waals surface area contributed by atoms with Gasteiger partial charge in [0.1, 0.15) is 11.2 Å². The maximum Gasteiger partial charge on any atom is 0.191 e. The van der Waals surface area contributed by atoms with E-state index in [9.17, 15) is 4.57 Å². The summed E-state index contributed by atoms with van der Waals surface area (Å²) in [6.45, 7) is 0. The van der Waals surface area contributed by atoms with Crippen LogP contribution in [0.3, 0.4) is 0 Å². The summed E-state index contributed by atoms with van der Waals surface area (Å²) in [7, 11) is -1.54. The van der Waals surface area contributed by atoms with Gasteiger partial charge in [0.2, 0.25) is 0 Å². The number of benzene rings is 5. The molecule has 4 nitrogen and oxygen atoms in total. The molecule has 37 heavy (non-hydrogen) atoms. The van der Waals surface area contributed by atoms with Crippen molar-refractivity contribution in [1.82, 2.24) is 0 Å². The second-order valence-electron chi connectivity index (χ2n) is 8.76. The van der Waals surface area contributed by atoms with Crippen molar-refractivity contribution in [2.75, 3.05) is 12.0 Å². The van der Waals surface area contributed by atoms with Gasteiger partial charge in [-0.05, 0) is 48.5 Å². The average molecular weight is 501 g/mol. The first kappa shape index (κ1) is 23.0. The van der Waals surface area contributed by atoms with Crippen LogP contribution in [0.2, 0.25) is 0 Å². The molecule has 1 aliphatic rings. The van der Waals surface area contributed by atoms with Gasteiger partial charge in [0.15, 0.2) is 7.14 Å². The molecular formula is C32H25N2O2P. The summed E-state index contributed by atoms with van der Waals surface area (Å²) in [4.78, 5) is 7.09. The van der Waals surface area contributed by atoms with Gasteiger partial charge in [0, 0.05) is 39.3 Å². The minimum absolute atomic E-state index is 0.550. The summed E-state index contributed by atoms with van der Waals surface area (Å²) in [5.74, 6) is 0.622. The highest BCUT2D eigenvalue weighted by molar-refractivity contribution is 7.94. The average Bonchev–Trinajstić information content (AvgIpc) is 3.28. The molecule has 5 aromatic carbocycles. The van der Waals surface area contributed by atoms with Crippen molar-refractivity contribution in [3.05, 3.63) is 139 Å². The number of fused-ring (bicyclic) bond motifs is 1. The molecule has 0 amide bonds. The number of para-hydroxylation sites is 3. The Morgan fingerprint density at radius 3 is 1.84 bits per heavy atom. The van der Waals surface area contributed by atoms with E-state index in [0.29, 0.717) is 11.2 Å². The number of hydrogen-bond acceptors (Lipinski definition) is 4. The smallest absolute Gasteiger partial charge is 0.191 e. The molecular weight excluding hydrogens is 475 g/mol. The van der Waals surface area contributed by atoms with Gasteiger partial charge in [-0.1, -0.05) is 78.9 Å². The first-order valence-corrected chi connectivity index (χ1v) is 13.8. The molecule has 180 valence electrons. The Hall–Kier alpha value is -4.40. The predicted molar refractivity (Wildman–Crippen MR) is 154 cm³/mol.